The van der Waals surface area contributed by atoms with E-state index in [1.807, 2.05) is 35.2 Å². The van der Waals surface area contributed by atoms with Crippen molar-refractivity contribution in [1.82, 2.24) is 4.90 Å². The largest absolute Gasteiger partial charge is 0.488 e. The van der Waals surface area contributed by atoms with E-state index in [0.717, 1.165) is 23.3 Å². The van der Waals surface area contributed by atoms with Crippen LogP contribution in [0.25, 0.3) is 0 Å². The Labute approximate surface area is 123 Å². The van der Waals surface area contributed by atoms with Gasteiger partial charge in [0.2, 0.25) is 0 Å². The van der Waals surface area contributed by atoms with Gasteiger partial charge in [-0.05, 0) is 29.3 Å². The zero-order valence-corrected chi connectivity index (χ0v) is 11.6. The molecule has 2 aromatic carbocycles. The molecule has 21 heavy (non-hydrogen) atoms. The van der Waals surface area contributed by atoms with Gasteiger partial charge < -0.3 is 15.4 Å². The van der Waals surface area contributed by atoms with Gasteiger partial charge in [-0.3, -0.25) is 4.79 Å². The van der Waals surface area contributed by atoms with E-state index in [1.165, 1.54) is 5.56 Å². The highest BCUT2D eigenvalue weighted by molar-refractivity contribution is 5.99. The van der Waals surface area contributed by atoms with Crippen molar-refractivity contribution >= 4 is 11.6 Å². The summed E-state index contributed by atoms with van der Waals surface area (Å²) in [6.45, 7) is 1.26. The summed E-state index contributed by atoms with van der Waals surface area (Å²) in [7, 11) is 0. The molecule has 0 radical (unpaired) electrons. The highest BCUT2D eigenvalue weighted by atomic mass is 16.5. The quantitative estimate of drug-likeness (QED) is 0.858. The van der Waals surface area contributed by atoms with E-state index in [4.69, 9.17) is 10.5 Å². The molecule has 2 heterocycles. The molecule has 2 aliphatic rings. The fourth-order valence-electron chi connectivity index (χ4n) is 3.13. The van der Waals surface area contributed by atoms with Crippen LogP contribution in [-0.2, 0) is 13.0 Å². The van der Waals surface area contributed by atoms with Gasteiger partial charge in [-0.2, -0.15) is 0 Å². The van der Waals surface area contributed by atoms with Crippen LogP contribution in [0, 0.1) is 0 Å². The van der Waals surface area contributed by atoms with Crippen LogP contribution in [0.1, 0.15) is 21.5 Å². The minimum atomic E-state index is 0.0398. The molecule has 1 amide bonds. The molecule has 4 nitrogen and oxygen atoms in total. The van der Waals surface area contributed by atoms with Crippen molar-refractivity contribution in [2.24, 2.45) is 0 Å². The molecule has 0 saturated carbocycles. The Morgan fingerprint density at radius 3 is 2.90 bits per heavy atom. The van der Waals surface area contributed by atoms with Crippen molar-refractivity contribution in [3.05, 3.63) is 59.2 Å². The Hall–Kier alpha value is -2.49. The molecule has 0 bridgehead atoms. The van der Waals surface area contributed by atoms with Crippen molar-refractivity contribution < 1.29 is 9.53 Å². The van der Waals surface area contributed by atoms with Crippen LogP contribution in [-0.4, -0.2) is 23.5 Å². The van der Waals surface area contributed by atoms with Crippen LogP contribution >= 0.6 is 0 Å². The number of amides is 1. The molecule has 4 heteroatoms. The second-order valence-corrected chi connectivity index (χ2v) is 5.65. The van der Waals surface area contributed by atoms with Gasteiger partial charge in [0.25, 0.3) is 5.91 Å². The minimum Gasteiger partial charge on any atom is -0.488 e. The lowest BCUT2D eigenvalue weighted by molar-refractivity contribution is 0.0703. The Morgan fingerprint density at radius 1 is 1.19 bits per heavy atom. The molecule has 106 valence electrons. The SMILES string of the molecule is Nc1ccc2c(c1)C(=O)N(CC1Cc3ccccc3O1)C2. The summed E-state index contributed by atoms with van der Waals surface area (Å²) >= 11 is 0. The van der Waals surface area contributed by atoms with E-state index >= 15 is 0 Å². The second kappa shape index (κ2) is 4.52. The third-order valence-electron chi connectivity index (χ3n) is 4.15. The molecule has 2 aromatic rings. The molecule has 2 N–H and O–H groups in total. The minimum absolute atomic E-state index is 0.0398. The number of para-hydroxylation sites is 1. The number of hydrogen-bond acceptors (Lipinski definition) is 3. The van der Waals surface area contributed by atoms with Crippen molar-refractivity contribution in [2.75, 3.05) is 12.3 Å². The molecule has 0 fully saturated rings. The van der Waals surface area contributed by atoms with Crippen LogP contribution in [0.3, 0.4) is 0 Å². The Balaban J connectivity index is 1.50. The highest BCUT2D eigenvalue weighted by Crippen LogP contribution is 2.30. The average Bonchev–Trinajstić information content (AvgIpc) is 3.01. The summed E-state index contributed by atoms with van der Waals surface area (Å²) in [5.41, 5.74) is 9.39. The van der Waals surface area contributed by atoms with Gasteiger partial charge in [0, 0.05) is 24.2 Å². The van der Waals surface area contributed by atoms with Crippen LogP contribution in [0.15, 0.2) is 42.5 Å². The fraction of sp³-hybridized carbons (Fsp3) is 0.235. The van der Waals surface area contributed by atoms with Gasteiger partial charge in [-0.25, -0.2) is 0 Å². The lowest BCUT2D eigenvalue weighted by atomic mass is 10.1. The van der Waals surface area contributed by atoms with E-state index in [-0.39, 0.29) is 12.0 Å². The van der Waals surface area contributed by atoms with E-state index in [9.17, 15) is 4.79 Å². The molecular formula is C17H16N2O2. The number of benzene rings is 2. The molecule has 1 unspecified atom stereocenters. The van der Waals surface area contributed by atoms with Gasteiger partial charge in [0.15, 0.2) is 0 Å². The van der Waals surface area contributed by atoms with Gasteiger partial charge >= 0.3 is 0 Å². The first kappa shape index (κ1) is 12.3. The monoisotopic (exact) mass is 280 g/mol. The Bertz CT molecular complexity index is 701. The molecule has 2 aliphatic heterocycles. The second-order valence-electron chi connectivity index (χ2n) is 5.65. The van der Waals surface area contributed by atoms with Crippen LogP contribution in [0.5, 0.6) is 5.75 Å². The van der Waals surface area contributed by atoms with E-state index in [0.29, 0.717) is 18.8 Å². The van der Waals surface area contributed by atoms with Gasteiger partial charge in [-0.1, -0.05) is 24.3 Å². The van der Waals surface area contributed by atoms with Crippen molar-refractivity contribution in [1.29, 1.82) is 0 Å². The van der Waals surface area contributed by atoms with Crippen molar-refractivity contribution in [2.45, 2.75) is 19.1 Å². The molecular weight excluding hydrogens is 264 g/mol. The maximum atomic E-state index is 12.4. The predicted octanol–water partition coefficient (Wildman–Crippen LogP) is 2.23. The first-order valence-corrected chi connectivity index (χ1v) is 7.13. The number of rotatable bonds is 2. The zero-order valence-electron chi connectivity index (χ0n) is 11.6. The topological polar surface area (TPSA) is 55.6 Å². The van der Waals surface area contributed by atoms with Gasteiger partial charge in [0.1, 0.15) is 11.9 Å². The summed E-state index contributed by atoms with van der Waals surface area (Å²) in [6.07, 6.45) is 0.899. The van der Waals surface area contributed by atoms with E-state index in [1.54, 1.807) is 6.07 Å². The summed E-state index contributed by atoms with van der Waals surface area (Å²) < 4.78 is 5.92. The summed E-state index contributed by atoms with van der Waals surface area (Å²) in [6, 6.07) is 13.6. The predicted molar refractivity (Wildman–Crippen MR) is 80.2 cm³/mol. The van der Waals surface area contributed by atoms with Crippen LogP contribution < -0.4 is 10.5 Å². The van der Waals surface area contributed by atoms with E-state index in [2.05, 4.69) is 6.07 Å². The Kier molecular flexibility index (Phi) is 2.64. The number of nitrogens with two attached hydrogens (primary N) is 1. The molecule has 0 aliphatic carbocycles. The first-order valence-electron chi connectivity index (χ1n) is 7.13. The number of nitrogens with zero attached hydrogens (tertiary/aromatic N) is 1. The molecule has 1 atom stereocenters. The number of hydrogen-bond donors (Lipinski definition) is 1. The van der Waals surface area contributed by atoms with Crippen LogP contribution in [0.2, 0.25) is 0 Å². The van der Waals surface area contributed by atoms with E-state index < -0.39 is 0 Å². The molecule has 0 aromatic heterocycles. The summed E-state index contributed by atoms with van der Waals surface area (Å²) in [5, 5.41) is 0. The lowest BCUT2D eigenvalue weighted by Crippen LogP contribution is -2.35. The maximum absolute atomic E-state index is 12.4. The lowest BCUT2D eigenvalue weighted by Gasteiger charge is -2.20. The number of fused-ring (bicyclic) bond motifs is 2. The number of carbonyl (C=O) groups is 1. The third-order valence-corrected chi connectivity index (χ3v) is 4.15. The standard InChI is InChI=1S/C17H16N2O2/c18-13-6-5-12-9-19(17(20)15(12)8-13)10-14-7-11-3-1-2-4-16(11)21-14/h1-6,8,14H,7,9-10,18H2. The summed E-state index contributed by atoms with van der Waals surface area (Å²) in [4.78, 5) is 14.3. The number of ether oxygens (including phenoxy) is 1. The highest BCUT2D eigenvalue weighted by Gasteiger charge is 2.32. The fourth-order valence-corrected chi connectivity index (χ4v) is 3.13. The van der Waals surface area contributed by atoms with Gasteiger partial charge in [-0.15, -0.1) is 0 Å². The van der Waals surface area contributed by atoms with Crippen molar-refractivity contribution in [3.63, 3.8) is 0 Å². The smallest absolute Gasteiger partial charge is 0.254 e. The first-order chi connectivity index (χ1) is 10.2. The third kappa shape index (κ3) is 2.03. The molecule has 0 saturated heterocycles. The molecule has 4 rings (SSSR count). The Morgan fingerprint density at radius 2 is 2.05 bits per heavy atom. The average molecular weight is 280 g/mol. The maximum Gasteiger partial charge on any atom is 0.254 e. The number of nitrogen functional groups attached to an aromatic ring is 1. The van der Waals surface area contributed by atoms with Crippen LogP contribution in [0.4, 0.5) is 5.69 Å². The number of carbonyl (C=O) groups excluding carboxylic acids is 1. The molecule has 0 spiro atoms. The summed E-state index contributed by atoms with van der Waals surface area (Å²) in [5.74, 6) is 0.993. The van der Waals surface area contributed by atoms with Crippen molar-refractivity contribution in [3.8, 4) is 5.75 Å². The number of anilines is 1. The van der Waals surface area contributed by atoms with Gasteiger partial charge in [0.05, 0.1) is 6.54 Å². The zero-order chi connectivity index (χ0) is 14.4. The normalized spacial score (nSPS) is 19.3.